The van der Waals surface area contributed by atoms with E-state index in [-0.39, 0.29) is 6.61 Å². The molecule has 2 N–H and O–H groups in total. The summed E-state index contributed by atoms with van der Waals surface area (Å²) in [6, 6.07) is 0. The molecule has 0 aliphatic rings. The van der Waals surface area contributed by atoms with Gasteiger partial charge in [0.05, 0.1) is 27.7 Å². The highest BCUT2D eigenvalue weighted by molar-refractivity contribution is 7.79. The van der Waals surface area contributed by atoms with Crippen molar-refractivity contribution in [3.63, 3.8) is 0 Å². The molecule has 0 heterocycles. The van der Waals surface area contributed by atoms with Gasteiger partial charge < -0.3 is 14.1 Å². The normalized spacial score (nSPS) is 11.8. The summed E-state index contributed by atoms with van der Waals surface area (Å²) < 4.78 is 33.7. The van der Waals surface area contributed by atoms with Gasteiger partial charge in [-0.25, -0.2) is 8.42 Å². The second-order valence-electron chi connectivity index (χ2n) is 3.17. The summed E-state index contributed by atoms with van der Waals surface area (Å²) in [5.74, 6) is 0. The highest BCUT2D eigenvalue weighted by Crippen LogP contribution is 1.84. The molecule has 0 rings (SSSR count). The van der Waals surface area contributed by atoms with Crippen LogP contribution in [-0.4, -0.2) is 61.4 Å². The van der Waals surface area contributed by atoms with Gasteiger partial charge in [0, 0.05) is 0 Å². The molecule has 0 atom stereocenters. The molecule has 0 bridgehead atoms. The lowest BCUT2D eigenvalue weighted by Gasteiger charge is -2.21. The predicted molar refractivity (Wildman–Crippen MR) is 42.3 cm³/mol. The average molecular weight is 201 g/mol. The Morgan fingerprint density at radius 1 is 1.33 bits per heavy atom. The summed E-state index contributed by atoms with van der Waals surface area (Å²) in [5.41, 5.74) is 0. The van der Waals surface area contributed by atoms with Gasteiger partial charge in [0.15, 0.2) is 0 Å². The quantitative estimate of drug-likeness (QED) is 0.328. The van der Waals surface area contributed by atoms with Crippen LogP contribution in [0.3, 0.4) is 0 Å². The van der Waals surface area contributed by atoms with Gasteiger partial charge in [-0.15, -0.1) is 0 Å². The van der Waals surface area contributed by atoms with Crippen LogP contribution < -0.4 is 0 Å². The van der Waals surface area contributed by atoms with Gasteiger partial charge in [0.2, 0.25) is 10.4 Å². The molecule has 76 valence electrons. The van der Waals surface area contributed by atoms with Gasteiger partial charge in [-0.3, -0.25) is 4.55 Å². The van der Waals surface area contributed by atoms with Crippen molar-refractivity contribution in [1.29, 1.82) is 0 Å². The summed E-state index contributed by atoms with van der Waals surface area (Å²) in [4.78, 5) is 0. The highest BCUT2D eigenvalue weighted by atomic mass is 32.3. The molecule has 0 fully saturated rings. The maximum Gasteiger partial charge on any atom is 0.215 e. The lowest BCUT2D eigenvalue weighted by molar-refractivity contribution is -0.870. The molecule has 0 aromatic carbocycles. The molecule has 0 amide bonds. The van der Waals surface area contributed by atoms with E-state index in [4.69, 9.17) is 22.6 Å². The fourth-order valence-corrected chi connectivity index (χ4v) is 0.300. The largest absolute Gasteiger partial charge is 0.726 e. The monoisotopic (exact) mass is 201 g/mol. The first kappa shape index (κ1) is 14.3. The molecule has 0 saturated carbocycles. The summed E-state index contributed by atoms with van der Waals surface area (Å²) in [5, 5.41) is 8.39. The van der Waals surface area contributed by atoms with Gasteiger partial charge in [0.1, 0.15) is 6.54 Å². The van der Waals surface area contributed by atoms with Crippen molar-refractivity contribution in [1.82, 2.24) is 0 Å². The fourth-order valence-electron chi connectivity index (χ4n) is 0.300. The Morgan fingerprint density at radius 2 is 1.58 bits per heavy atom. The average Bonchev–Trinajstić information content (AvgIpc) is 1.54. The third kappa shape index (κ3) is 52.7. The molecular weight excluding hydrogens is 186 g/mol. The molecule has 0 spiro atoms. The molecule has 6 nitrogen and oxygen atoms in total. The molecule has 12 heavy (non-hydrogen) atoms. The molecule has 0 radical (unpaired) electrons. The minimum absolute atomic E-state index is 0.281. The Balaban J connectivity index is 0. The summed E-state index contributed by atoms with van der Waals surface area (Å²) >= 11 is 0. The lowest BCUT2D eigenvalue weighted by atomic mass is 10.5. The van der Waals surface area contributed by atoms with E-state index in [2.05, 4.69) is 21.1 Å². The second-order valence-corrected chi connectivity index (χ2v) is 4.02. The number of hydrogen-bond donors (Lipinski definition) is 2. The van der Waals surface area contributed by atoms with Crippen LogP contribution in [0.2, 0.25) is 0 Å². The zero-order valence-electron chi connectivity index (χ0n) is 7.39. The van der Waals surface area contributed by atoms with Crippen LogP contribution >= 0.6 is 0 Å². The third-order valence-corrected chi connectivity index (χ3v) is 0.771. The summed E-state index contributed by atoms with van der Waals surface area (Å²) in [7, 11) is 1.24. The Kier molecular flexibility index (Phi) is 6.49. The molecule has 0 aromatic rings. The van der Waals surface area contributed by atoms with Crippen LogP contribution in [0, 0.1) is 0 Å². The van der Waals surface area contributed by atoms with Crippen molar-refractivity contribution < 1.29 is 27.1 Å². The number of likely N-dealkylation sites (N-methyl/N-ethyl adjacent to an activating group) is 1. The van der Waals surface area contributed by atoms with Crippen LogP contribution in [0.15, 0.2) is 0 Å². The summed E-state index contributed by atoms with van der Waals surface area (Å²) in [6.45, 7) is 1.11. The maximum atomic E-state index is 8.63. The Morgan fingerprint density at radius 3 is 1.58 bits per heavy atom. The number of aliphatic hydroxyl groups is 1. The van der Waals surface area contributed by atoms with Crippen LogP contribution in [0.5, 0.6) is 0 Å². The van der Waals surface area contributed by atoms with E-state index in [1.807, 2.05) is 0 Å². The highest BCUT2D eigenvalue weighted by Gasteiger charge is 2.02. The molecule has 0 aliphatic carbocycles. The first-order valence-corrected chi connectivity index (χ1v) is 4.52. The minimum Gasteiger partial charge on any atom is -0.726 e. The predicted octanol–water partition coefficient (Wildman–Crippen LogP) is -1.31. The van der Waals surface area contributed by atoms with Gasteiger partial charge in [-0.05, 0) is 0 Å². The SMILES string of the molecule is C[N+](C)(C)CCO.O=S(=O)([O-])O. The molecule has 0 aromatic heterocycles. The van der Waals surface area contributed by atoms with Crippen molar-refractivity contribution in [2.75, 3.05) is 34.3 Å². The van der Waals surface area contributed by atoms with Crippen molar-refractivity contribution in [3.05, 3.63) is 0 Å². The Hall–Kier alpha value is -0.210. The number of rotatable bonds is 2. The third-order valence-electron chi connectivity index (χ3n) is 0.771. The van der Waals surface area contributed by atoms with Gasteiger partial charge >= 0.3 is 0 Å². The fraction of sp³-hybridized carbons (Fsp3) is 1.00. The van der Waals surface area contributed by atoms with Crippen LogP contribution in [0.1, 0.15) is 0 Å². The number of hydrogen-bond acceptors (Lipinski definition) is 4. The first-order chi connectivity index (χ1) is 5.06. The van der Waals surface area contributed by atoms with E-state index in [0.29, 0.717) is 0 Å². The molecule has 0 unspecified atom stereocenters. The van der Waals surface area contributed by atoms with Gasteiger partial charge in [0.25, 0.3) is 0 Å². The Bertz CT molecular complexity index is 184. The van der Waals surface area contributed by atoms with Crippen LogP contribution in [0.4, 0.5) is 0 Å². The van der Waals surface area contributed by atoms with Crippen molar-refractivity contribution >= 4 is 10.4 Å². The maximum absolute atomic E-state index is 8.63. The van der Waals surface area contributed by atoms with Gasteiger partial charge in [-0.2, -0.15) is 0 Å². The topological polar surface area (TPSA) is 97.7 Å². The molecule has 7 heteroatoms. The van der Waals surface area contributed by atoms with E-state index in [9.17, 15) is 0 Å². The van der Waals surface area contributed by atoms with E-state index in [1.165, 1.54) is 0 Å². The van der Waals surface area contributed by atoms with Crippen LogP contribution in [-0.2, 0) is 10.4 Å². The van der Waals surface area contributed by atoms with E-state index in [1.54, 1.807) is 0 Å². The van der Waals surface area contributed by atoms with Crippen molar-refractivity contribution in [3.8, 4) is 0 Å². The van der Waals surface area contributed by atoms with E-state index in [0.717, 1.165) is 11.0 Å². The van der Waals surface area contributed by atoms with Crippen molar-refractivity contribution in [2.24, 2.45) is 0 Å². The number of quaternary nitrogens is 1. The molecular formula is C5H15NO5S. The number of nitrogens with zero attached hydrogens (tertiary/aromatic N) is 1. The first-order valence-electron chi connectivity index (χ1n) is 3.16. The Labute approximate surface area is 72.6 Å². The number of aliphatic hydroxyl groups excluding tert-OH is 1. The van der Waals surface area contributed by atoms with E-state index >= 15 is 0 Å². The zero-order chi connectivity index (χ0) is 10.4. The minimum atomic E-state index is -4.92. The molecule has 0 saturated heterocycles. The second kappa shape index (κ2) is 5.44. The standard InChI is InChI=1S/C5H14NO.H2O4S/c1-6(2,3)4-5-7;1-5(2,3)4/h7H,4-5H2,1-3H3;(H2,1,2,3,4)/q+1;/p-1. The lowest BCUT2D eigenvalue weighted by Crippen LogP contribution is -2.36. The zero-order valence-corrected chi connectivity index (χ0v) is 8.21. The summed E-state index contributed by atoms with van der Waals surface area (Å²) in [6.07, 6.45) is 0. The van der Waals surface area contributed by atoms with E-state index < -0.39 is 10.4 Å². The van der Waals surface area contributed by atoms with Crippen LogP contribution in [0.25, 0.3) is 0 Å². The molecule has 0 aliphatic heterocycles. The smallest absolute Gasteiger partial charge is 0.215 e. The van der Waals surface area contributed by atoms with Crippen molar-refractivity contribution in [2.45, 2.75) is 0 Å². The van der Waals surface area contributed by atoms with Gasteiger partial charge in [-0.1, -0.05) is 0 Å².